The summed E-state index contributed by atoms with van der Waals surface area (Å²) in [5.74, 6) is 0.325. The van der Waals surface area contributed by atoms with Crippen LogP contribution in [-0.4, -0.2) is 29.7 Å². The molecule has 2 rings (SSSR count). The van der Waals surface area contributed by atoms with Crippen molar-refractivity contribution in [1.29, 1.82) is 0 Å². The molecule has 1 heterocycles. The predicted molar refractivity (Wildman–Crippen MR) is 112 cm³/mol. The second-order valence-electron chi connectivity index (χ2n) is 7.19. The first-order valence-electron chi connectivity index (χ1n) is 10.3. The van der Waals surface area contributed by atoms with Crippen molar-refractivity contribution in [3.63, 3.8) is 0 Å². The van der Waals surface area contributed by atoms with E-state index in [9.17, 15) is 13.2 Å². The van der Waals surface area contributed by atoms with Gasteiger partial charge in [-0.15, -0.1) is 0 Å². The van der Waals surface area contributed by atoms with Crippen molar-refractivity contribution in [2.75, 3.05) is 18.6 Å². The van der Waals surface area contributed by atoms with Gasteiger partial charge in [-0.1, -0.05) is 39.2 Å². The molecule has 166 valence electrons. The van der Waals surface area contributed by atoms with Gasteiger partial charge in [-0.2, -0.15) is 18.2 Å². The number of hydrogen-bond donors (Lipinski definition) is 0. The molecule has 8 heteroatoms. The normalized spacial score (nSPS) is 12.5. The summed E-state index contributed by atoms with van der Waals surface area (Å²) in [4.78, 5) is 9.21. The number of anilines is 2. The van der Waals surface area contributed by atoms with E-state index < -0.39 is 11.7 Å². The second-order valence-corrected chi connectivity index (χ2v) is 7.19. The van der Waals surface area contributed by atoms with E-state index in [0.29, 0.717) is 18.0 Å². The molecule has 0 fully saturated rings. The van der Waals surface area contributed by atoms with Crippen LogP contribution in [0.2, 0.25) is 0 Å². The Morgan fingerprint density at radius 1 is 1.13 bits per heavy atom. The number of ether oxygens (including phenoxy) is 2. The summed E-state index contributed by atoms with van der Waals surface area (Å²) >= 11 is 0. The van der Waals surface area contributed by atoms with E-state index in [1.807, 2.05) is 13.8 Å². The van der Waals surface area contributed by atoms with Crippen LogP contribution >= 0.6 is 0 Å². The van der Waals surface area contributed by atoms with Crippen LogP contribution in [0.3, 0.4) is 0 Å². The molecule has 0 aliphatic rings. The molecule has 0 radical (unpaired) electrons. The molecule has 0 bridgehead atoms. The maximum absolute atomic E-state index is 13.6. The van der Waals surface area contributed by atoms with E-state index in [0.717, 1.165) is 38.3 Å². The molecule has 0 spiro atoms. The van der Waals surface area contributed by atoms with Gasteiger partial charge >= 0.3 is 12.2 Å². The van der Waals surface area contributed by atoms with Gasteiger partial charge in [0.15, 0.2) is 5.82 Å². The first-order chi connectivity index (χ1) is 14.3. The van der Waals surface area contributed by atoms with Gasteiger partial charge in [0.05, 0.1) is 12.7 Å². The molecule has 1 aromatic heterocycles. The third kappa shape index (κ3) is 6.78. The second kappa shape index (κ2) is 11.0. The Balaban J connectivity index is 2.28. The molecule has 2 aromatic rings. The van der Waals surface area contributed by atoms with E-state index in [1.165, 1.54) is 11.9 Å². The lowest BCUT2D eigenvalue weighted by Crippen LogP contribution is -2.19. The lowest BCUT2D eigenvalue weighted by atomic mass is 10.2. The van der Waals surface area contributed by atoms with Gasteiger partial charge in [0.2, 0.25) is 0 Å². The Hall–Kier alpha value is -2.51. The van der Waals surface area contributed by atoms with Crippen LogP contribution in [0.5, 0.6) is 11.8 Å². The lowest BCUT2D eigenvalue weighted by Gasteiger charge is -2.23. The third-order valence-electron chi connectivity index (χ3n) is 4.72. The number of hydrogen-bond acceptors (Lipinski definition) is 5. The number of benzene rings is 1. The molecule has 0 aliphatic heterocycles. The van der Waals surface area contributed by atoms with Crippen molar-refractivity contribution in [3.8, 4) is 11.8 Å². The number of halogens is 3. The summed E-state index contributed by atoms with van der Waals surface area (Å²) < 4.78 is 52.0. The van der Waals surface area contributed by atoms with Crippen LogP contribution < -0.4 is 14.4 Å². The standard InChI is InChI=1S/C22H30F3N3O2/c1-5-7-8-9-13-29-21-26-15-19(22(23,24)25)20(27-21)28(4)17-11-10-12-18(14-17)30-16(3)6-2/h10-12,14-16H,5-9,13H2,1-4H3. The van der Waals surface area contributed by atoms with Crippen molar-refractivity contribution in [2.24, 2.45) is 0 Å². The number of aromatic nitrogens is 2. The lowest BCUT2D eigenvalue weighted by molar-refractivity contribution is -0.137. The van der Waals surface area contributed by atoms with Gasteiger partial charge in [0, 0.05) is 25.0 Å². The van der Waals surface area contributed by atoms with Crippen LogP contribution in [0.15, 0.2) is 30.5 Å². The molecule has 0 saturated heterocycles. The van der Waals surface area contributed by atoms with Crippen molar-refractivity contribution >= 4 is 11.5 Å². The summed E-state index contributed by atoms with van der Waals surface area (Å²) in [6.07, 6.45) is 0.983. The van der Waals surface area contributed by atoms with Crippen molar-refractivity contribution < 1.29 is 22.6 Å². The van der Waals surface area contributed by atoms with Crippen molar-refractivity contribution in [2.45, 2.75) is 65.2 Å². The fourth-order valence-corrected chi connectivity index (χ4v) is 2.78. The van der Waals surface area contributed by atoms with E-state index in [2.05, 4.69) is 16.9 Å². The Bertz CT molecular complexity index is 799. The number of nitrogens with zero attached hydrogens (tertiary/aromatic N) is 3. The molecule has 30 heavy (non-hydrogen) atoms. The van der Waals surface area contributed by atoms with E-state index in [4.69, 9.17) is 9.47 Å². The highest BCUT2D eigenvalue weighted by Gasteiger charge is 2.36. The zero-order chi connectivity index (χ0) is 22.1. The monoisotopic (exact) mass is 425 g/mol. The minimum atomic E-state index is -4.59. The van der Waals surface area contributed by atoms with Gasteiger partial charge in [-0.05, 0) is 31.9 Å². The summed E-state index contributed by atoms with van der Waals surface area (Å²) in [5, 5.41) is 0. The minimum Gasteiger partial charge on any atom is -0.491 e. The quantitative estimate of drug-likeness (QED) is 0.390. The first-order valence-corrected chi connectivity index (χ1v) is 10.3. The highest BCUT2D eigenvalue weighted by atomic mass is 19.4. The van der Waals surface area contributed by atoms with E-state index >= 15 is 0 Å². The molecule has 1 atom stereocenters. The average molecular weight is 425 g/mol. The zero-order valence-electron chi connectivity index (χ0n) is 18.0. The molecule has 0 saturated carbocycles. The summed E-state index contributed by atoms with van der Waals surface area (Å²) in [6.45, 7) is 6.41. The Kier molecular flexibility index (Phi) is 8.74. The SMILES string of the molecule is CCCCCCOc1ncc(C(F)(F)F)c(N(C)c2cccc(OC(C)CC)c2)n1. The van der Waals surface area contributed by atoms with Crippen LogP contribution in [0.4, 0.5) is 24.7 Å². The van der Waals surface area contributed by atoms with E-state index in [1.54, 1.807) is 24.3 Å². The van der Waals surface area contributed by atoms with Crippen molar-refractivity contribution in [3.05, 3.63) is 36.0 Å². The average Bonchev–Trinajstić information content (AvgIpc) is 2.72. The van der Waals surface area contributed by atoms with Gasteiger partial charge in [0.25, 0.3) is 0 Å². The molecular formula is C22H30F3N3O2. The molecular weight excluding hydrogens is 395 g/mol. The molecule has 1 unspecified atom stereocenters. The predicted octanol–water partition coefficient (Wildman–Crippen LogP) is 6.40. The Labute approximate surface area is 176 Å². The molecule has 0 aliphatic carbocycles. The summed E-state index contributed by atoms with van der Waals surface area (Å²) in [7, 11) is 1.53. The van der Waals surface area contributed by atoms with Gasteiger partial charge < -0.3 is 14.4 Å². The fourth-order valence-electron chi connectivity index (χ4n) is 2.78. The summed E-state index contributed by atoms with van der Waals surface area (Å²) in [5.41, 5.74) is -0.398. The number of alkyl halides is 3. The van der Waals surface area contributed by atoms with Gasteiger partial charge in [0.1, 0.15) is 11.3 Å². The number of rotatable bonds is 11. The topological polar surface area (TPSA) is 47.5 Å². The van der Waals surface area contributed by atoms with Gasteiger partial charge in [-0.25, -0.2) is 4.98 Å². The summed E-state index contributed by atoms with van der Waals surface area (Å²) in [6, 6.07) is 6.85. The van der Waals surface area contributed by atoms with Crippen LogP contribution in [-0.2, 0) is 6.18 Å². The minimum absolute atomic E-state index is 0.00283. The van der Waals surface area contributed by atoms with Crippen LogP contribution in [0.1, 0.15) is 58.4 Å². The smallest absolute Gasteiger partial charge is 0.421 e. The third-order valence-corrected chi connectivity index (χ3v) is 4.72. The maximum atomic E-state index is 13.6. The molecule has 1 aromatic carbocycles. The van der Waals surface area contributed by atoms with Crippen LogP contribution in [0, 0.1) is 0 Å². The first kappa shape index (κ1) is 23.8. The van der Waals surface area contributed by atoms with Crippen molar-refractivity contribution in [1.82, 2.24) is 9.97 Å². The zero-order valence-corrected chi connectivity index (χ0v) is 18.0. The Morgan fingerprint density at radius 2 is 1.90 bits per heavy atom. The molecule has 5 nitrogen and oxygen atoms in total. The highest BCUT2D eigenvalue weighted by Crippen LogP contribution is 2.38. The maximum Gasteiger partial charge on any atom is 0.421 e. The van der Waals surface area contributed by atoms with E-state index in [-0.39, 0.29) is 17.9 Å². The van der Waals surface area contributed by atoms with Crippen LogP contribution in [0.25, 0.3) is 0 Å². The largest absolute Gasteiger partial charge is 0.491 e. The Morgan fingerprint density at radius 3 is 2.57 bits per heavy atom. The highest BCUT2D eigenvalue weighted by molar-refractivity contribution is 5.64. The fraction of sp³-hybridized carbons (Fsp3) is 0.545. The molecule has 0 amide bonds. The molecule has 0 N–H and O–H groups in total. The van der Waals surface area contributed by atoms with Gasteiger partial charge in [-0.3, -0.25) is 0 Å². The number of unbranched alkanes of at least 4 members (excludes halogenated alkanes) is 3.